The Labute approximate surface area is 116 Å². The molecule has 0 bridgehead atoms. The van der Waals surface area contributed by atoms with E-state index >= 15 is 0 Å². The number of carbonyl (C=O) groups is 1. The largest absolute Gasteiger partial charge is 0.339 e. The molecule has 0 unspecified atom stereocenters. The molecule has 0 aromatic heterocycles. The van der Waals surface area contributed by atoms with E-state index in [0.29, 0.717) is 34.8 Å². The van der Waals surface area contributed by atoms with Crippen LogP contribution in [-0.4, -0.2) is 12.8 Å². The number of nitrogens with zero attached hydrogens (tertiary/aromatic N) is 1. The standard InChI is InChI=1S/C15H13ClFNO/c1-2-18(15-8-4-3-7-13(15)17)14-9-5-6-12(16)11(14)10-19/h3-10H,2H2,1H3. The van der Waals surface area contributed by atoms with Crippen LogP contribution in [0.15, 0.2) is 42.5 Å². The fourth-order valence-corrected chi connectivity index (χ4v) is 2.23. The van der Waals surface area contributed by atoms with Crippen molar-refractivity contribution >= 4 is 29.3 Å². The number of rotatable bonds is 4. The Balaban J connectivity index is 2.58. The zero-order valence-corrected chi connectivity index (χ0v) is 11.2. The maximum atomic E-state index is 13.9. The number of hydrogen-bond donors (Lipinski definition) is 0. The summed E-state index contributed by atoms with van der Waals surface area (Å²) in [6.07, 6.45) is 0.696. The second-order valence-corrected chi connectivity index (χ2v) is 4.39. The van der Waals surface area contributed by atoms with Crippen LogP contribution in [0.4, 0.5) is 15.8 Å². The van der Waals surface area contributed by atoms with Crippen molar-refractivity contribution in [3.63, 3.8) is 0 Å². The summed E-state index contributed by atoms with van der Waals surface area (Å²) in [5.41, 5.74) is 1.40. The summed E-state index contributed by atoms with van der Waals surface area (Å²) in [4.78, 5) is 12.9. The van der Waals surface area contributed by atoms with Gasteiger partial charge in [-0.3, -0.25) is 4.79 Å². The molecule has 2 nitrogen and oxygen atoms in total. The van der Waals surface area contributed by atoms with Gasteiger partial charge in [-0.2, -0.15) is 0 Å². The first kappa shape index (κ1) is 13.6. The molecule has 0 spiro atoms. The molecular weight excluding hydrogens is 265 g/mol. The Bertz CT molecular complexity index is 600. The van der Waals surface area contributed by atoms with E-state index in [0.717, 1.165) is 0 Å². The van der Waals surface area contributed by atoms with E-state index in [4.69, 9.17) is 11.6 Å². The third kappa shape index (κ3) is 2.61. The predicted octanol–water partition coefficient (Wildman–Crippen LogP) is 4.45. The number of hydrogen-bond acceptors (Lipinski definition) is 2. The van der Waals surface area contributed by atoms with Crippen molar-refractivity contribution in [3.8, 4) is 0 Å². The average molecular weight is 278 g/mol. The first-order chi connectivity index (χ1) is 9.19. The molecule has 0 amide bonds. The highest BCUT2D eigenvalue weighted by Crippen LogP contribution is 2.32. The van der Waals surface area contributed by atoms with Crippen LogP contribution in [0.25, 0.3) is 0 Å². The third-order valence-corrected chi connectivity index (χ3v) is 3.23. The summed E-state index contributed by atoms with van der Waals surface area (Å²) in [5, 5.41) is 0.363. The van der Waals surface area contributed by atoms with Crippen LogP contribution in [0.1, 0.15) is 17.3 Å². The Kier molecular flexibility index (Phi) is 4.17. The van der Waals surface area contributed by atoms with Gasteiger partial charge in [-0.15, -0.1) is 0 Å². The van der Waals surface area contributed by atoms with Crippen molar-refractivity contribution in [1.29, 1.82) is 0 Å². The van der Waals surface area contributed by atoms with Crippen molar-refractivity contribution in [2.75, 3.05) is 11.4 Å². The van der Waals surface area contributed by atoms with E-state index < -0.39 is 0 Å². The number of anilines is 2. The van der Waals surface area contributed by atoms with Crippen LogP contribution in [0.5, 0.6) is 0 Å². The molecule has 0 N–H and O–H groups in total. The summed E-state index contributed by atoms with van der Waals surface area (Å²) < 4.78 is 13.9. The van der Waals surface area contributed by atoms with Crippen molar-refractivity contribution in [3.05, 3.63) is 58.9 Å². The number of carbonyl (C=O) groups excluding carboxylic acids is 1. The average Bonchev–Trinajstić information content (AvgIpc) is 2.42. The van der Waals surface area contributed by atoms with Gasteiger partial charge in [0, 0.05) is 6.54 Å². The van der Waals surface area contributed by atoms with Gasteiger partial charge in [-0.05, 0) is 31.2 Å². The van der Waals surface area contributed by atoms with Gasteiger partial charge >= 0.3 is 0 Å². The molecule has 0 aliphatic heterocycles. The number of para-hydroxylation sites is 1. The Morgan fingerprint density at radius 1 is 1.16 bits per heavy atom. The van der Waals surface area contributed by atoms with Gasteiger partial charge in [0.2, 0.25) is 0 Å². The van der Waals surface area contributed by atoms with Gasteiger partial charge in [0.25, 0.3) is 0 Å². The van der Waals surface area contributed by atoms with Gasteiger partial charge < -0.3 is 4.90 Å². The molecule has 0 fully saturated rings. The van der Waals surface area contributed by atoms with E-state index in [1.165, 1.54) is 6.07 Å². The van der Waals surface area contributed by atoms with Gasteiger partial charge in [0.05, 0.1) is 22.0 Å². The smallest absolute Gasteiger partial charge is 0.153 e. The lowest BCUT2D eigenvalue weighted by Gasteiger charge is -2.25. The van der Waals surface area contributed by atoms with E-state index in [1.807, 2.05) is 6.92 Å². The van der Waals surface area contributed by atoms with Crippen LogP contribution < -0.4 is 4.90 Å². The zero-order chi connectivity index (χ0) is 13.8. The highest BCUT2D eigenvalue weighted by Gasteiger charge is 2.16. The minimum absolute atomic E-state index is 0.332. The van der Waals surface area contributed by atoms with Crippen LogP contribution in [0, 0.1) is 5.82 Å². The fraction of sp³-hybridized carbons (Fsp3) is 0.133. The maximum Gasteiger partial charge on any atom is 0.153 e. The Hall–Kier alpha value is -1.87. The summed E-state index contributed by atoms with van der Waals surface area (Å²) in [7, 11) is 0. The first-order valence-corrected chi connectivity index (χ1v) is 6.32. The maximum absolute atomic E-state index is 13.9. The van der Waals surface area contributed by atoms with Crippen molar-refractivity contribution in [2.24, 2.45) is 0 Å². The Morgan fingerprint density at radius 3 is 2.47 bits per heavy atom. The molecule has 0 aliphatic rings. The van der Waals surface area contributed by atoms with Crippen molar-refractivity contribution in [1.82, 2.24) is 0 Å². The van der Waals surface area contributed by atoms with E-state index in [1.54, 1.807) is 41.3 Å². The van der Waals surface area contributed by atoms with Crippen LogP contribution in [0.2, 0.25) is 5.02 Å². The van der Waals surface area contributed by atoms with Gasteiger partial charge in [0.15, 0.2) is 6.29 Å². The molecule has 98 valence electrons. The molecule has 0 radical (unpaired) electrons. The van der Waals surface area contributed by atoms with E-state index in [9.17, 15) is 9.18 Å². The summed E-state index contributed by atoms with van der Waals surface area (Å²) >= 11 is 6.01. The number of halogens is 2. The molecule has 4 heteroatoms. The summed E-state index contributed by atoms with van der Waals surface area (Å²) in [6, 6.07) is 11.6. The fourth-order valence-electron chi connectivity index (χ4n) is 2.02. The molecule has 0 saturated carbocycles. The SMILES string of the molecule is CCN(c1ccccc1F)c1cccc(Cl)c1C=O. The topological polar surface area (TPSA) is 20.3 Å². The molecule has 0 atom stereocenters. The molecule has 0 saturated heterocycles. The van der Waals surface area contributed by atoms with Crippen molar-refractivity contribution < 1.29 is 9.18 Å². The molecule has 2 aromatic rings. The predicted molar refractivity (Wildman–Crippen MR) is 75.9 cm³/mol. The number of aldehydes is 1. The second kappa shape index (κ2) is 5.85. The lowest BCUT2D eigenvalue weighted by Crippen LogP contribution is -2.19. The third-order valence-electron chi connectivity index (χ3n) is 2.90. The first-order valence-electron chi connectivity index (χ1n) is 5.94. The van der Waals surface area contributed by atoms with Gasteiger partial charge in [-0.25, -0.2) is 4.39 Å². The highest BCUT2D eigenvalue weighted by molar-refractivity contribution is 6.33. The van der Waals surface area contributed by atoms with E-state index in [2.05, 4.69) is 0 Å². The normalized spacial score (nSPS) is 10.3. The lowest BCUT2D eigenvalue weighted by molar-refractivity contribution is 0.112. The van der Waals surface area contributed by atoms with Crippen LogP contribution in [0.3, 0.4) is 0 Å². The minimum Gasteiger partial charge on any atom is -0.339 e. The summed E-state index contributed by atoms with van der Waals surface area (Å²) in [5.74, 6) is -0.332. The molecule has 0 heterocycles. The molecule has 2 aromatic carbocycles. The van der Waals surface area contributed by atoms with Gasteiger partial charge in [-0.1, -0.05) is 29.8 Å². The molecule has 19 heavy (non-hydrogen) atoms. The van der Waals surface area contributed by atoms with E-state index in [-0.39, 0.29) is 5.82 Å². The molecule has 2 rings (SSSR count). The van der Waals surface area contributed by atoms with Crippen molar-refractivity contribution in [2.45, 2.75) is 6.92 Å². The van der Waals surface area contributed by atoms with Gasteiger partial charge in [0.1, 0.15) is 5.82 Å². The highest BCUT2D eigenvalue weighted by atomic mass is 35.5. The van der Waals surface area contributed by atoms with Crippen LogP contribution >= 0.6 is 11.6 Å². The lowest BCUT2D eigenvalue weighted by atomic mass is 10.1. The molecular formula is C15H13ClFNO. The quantitative estimate of drug-likeness (QED) is 0.770. The zero-order valence-electron chi connectivity index (χ0n) is 10.4. The Morgan fingerprint density at radius 2 is 1.84 bits per heavy atom. The van der Waals surface area contributed by atoms with Crippen LogP contribution in [-0.2, 0) is 0 Å². The minimum atomic E-state index is -0.332. The molecule has 0 aliphatic carbocycles. The monoisotopic (exact) mass is 277 g/mol. The summed E-state index contributed by atoms with van der Waals surface area (Å²) in [6.45, 7) is 2.42. The second-order valence-electron chi connectivity index (χ2n) is 3.99. The number of benzene rings is 2.